The van der Waals surface area contributed by atoms with Gasteiger partial charge in [-0.1, -0.05) is 5.16 Å². The first-order valence-corrected chi connectivity index (χ1v) is 7.49. The number of hydrogen-bond acceptors (Lipinski definition) is 5. The summed E-state index contributed by atoms with van der Waals surface area (Å²) in [6.07, 6.45) is 0. The highest BCUT2D eigenvalue weighted by atomic mass is 19.1. The van der Waals surface area contributed by atoms with Crippen molar-refractivity contribution in [1.29, 1.82) is 0 Å². The van der Waals surface area contributed by atoms with Crippen LogP contribution in [0.2, 0.25) is 0 Å². The van der Waals surface area contributed by atoms with Gasteiger partial charge in [-0.15, -0.1) is 0 Å². The van der Waals surface area contributed by atoms with Crippen LogP contribution >= 0.6 is 0 Å². The Morgan fingerprint density at radius 3 is 2.80 bits per heavy atom. The fraction of sp³-hybridized carbons (Fsp3) is 0.118. The zero-order chi connectivity index (χ0) is 17.6. The minimum atomic E-state index is -0.668. The summed E-state index contributed by atoms with van der Waals surface area (Å²) in [6, 6.07) is 7.97. The van der Waals surface area contributed by atoms with Crippen molar-refractivity contribution in [3.63, 3.8) is 0 Å². The molecule has 0 atom stereocenters. The van der Waals surface area contributed by atoms with E-state index in [-0.39, 0.29) is 17.3 Å². The average Bonchev–Trinajstić information content (AvgIpc) is 3.20. The highest BCUT2D eigenvalue weighted by molar-refractivity contribution is 5.79. The van der Waals surface area contributed by atoms with Crippen LogP contribution < -0.4 is 5.76 Å². The number of rotatable bonds is 3. The summed E-state index contributed by atoms with van der Waals surface area (Å²) in [7, 11) is 0. The lowest BCUT2D eigenvalue weighted by molar-refractivity contribution is 0.429. The predicted octanol–water partition coefficient (Wildman–Crippen LogP) is 3.61. The first kappa shape index (κ1) is 15.3. The van der Waals surface area contributed by atoms with E-state index in [1.54, 1.807) is 18.2 Å². The van der Waals surface area contributed by atoms with Crippen molar-refractivity contribution >= 4 is 11.1 Å². The van der Waals surface area contributed by atoms with Crippen LogP contribution in [0.4, 0.5) is 8.78 Å². The Labute approximate surface area is 139 Å². The van der Waals surface area contributed by atoms with Gasteiger partial charge in [-0.05, 0) is 43.3 Å². The van der Waals surface area contributed by atoms with Gasteiger partial charge in [0.2, 0.25) is 5.82 Å². The molecular weight excluding hydrogens is 332 g/mol. The average molecular weight is 343 g/mol. The minimum absolute atomic E-state index is 0.122. The molecule has 4 aromatic rings. The van der Waals surface area contributed by atoms with E-state index in [1.807, 2.05) is 6.92 Å². The largest absolute Gasteiger partial charge is 0.419 e. The highest BCUT2D eigenvalue weighted by Gasteiger charge is 2.16. The van der Waals surface area contributed by atoms with Gasteiger partial charge in [0.05, 0.1) is 11.1 Å². The lowest BCUT2D eigenvalue weighted by Gasteiger charge is -1.97. The topological polar surface area (TPSA) is 74.1 Å². The van der Waals surface area contributed by atoms with E-state index in [1.165, 1.54) is 4.57 Å². The molecule has 0 radical (unpaired) electrons. The lowest BCUT2D eigenvalue weighted by atomic mass is 10.2. The number of benzene rings is 2. The summed E-state index contributed by atoms with van der Waals surface area (Å²) < 4.78 is 38.8. The van der Waals surface area contributed by atoms with Crippen LogP contribution in [0.3, 0.4) is 0 Å². The van der Waals surface area contributed by atoms with E-state index in [2.05, 4.69) is 10.1 Å². The standard InChI is InChI=1S/C17H11F2N3O3/c1-2-22-13-6-3-9(7-14(13)24-17(22)23)15-20-16(25-21-15)11-8-10(18)4-5-12(11)19/h3-8H,2H2,1H3. The van der Waals surface area contributed by atoms with Gasteiger partial charge in [-0.3, -0.25) is 4.57 Å². The van der Waals surface area contributed by atoms with Crippen LogP contribution in [0.25, 0.3) is 33.9 Å². The van der Waals surface area contributed by atoms with Crippen molar-refractivity contribution in [1.82, 2.24) is 14.7 Å². The van der Waals surface area contributed by atoms with Crippen molar-refractivity contribution in [2.24, 2.45) is 0 Å². The summed E-state index contributed by atoms with van der Waals surface area (Å²) in [5.74, 6) is -1.70. The molecule has 0 fully saturated rings. The van der Waals surface area contributed by atoms with Crippen LogP contribution in [-0.4, -0.2) is 14.7 Å². The molecule has 126 valence electrons. The Hall–Kier alpha value is -3.29. The Bertz CT molecular complexity index is 1140. The number of hydrogen-bond donors (Lipinski definition) is 0. The van der Waals surface area contributed by atoms with Crippen molar-refractivity contribution < 1.29 is 17.7 Å². The Balaban J connectivity index is 1.78. The molecule has 0 unspecified atom stereocenters. The van der Waals surface area contributed by atoms with E-state index < -0.39 is 17.4 Å². The van der Waals surface area contributed by atoms with Gasteiger partial charge in [0.25, 0.3) is 5.89 Å². The number of nitrogens with zero attached hydrogens (tertiary/aromatic N) is 3. The number of halogens is 2. The maximum Gasteiger partial charge on any atom is 0.419 e. The number of fused-ring (bicyclic) bond motifs is 1. The highest BCUT2D eigenvalue weighted by Crippen LogP contribution is 2.27. The van der Waals surface area contributed by atoms with Crippen LogP contribution in [-0.2, 0) is 6.54 Å². The monoisotopic (exact) mass is 343 g/mol. The molecular formula is C17H11F2N3O3. The van der Waals surface area contributed by atoms with Crippen molar-refractivity contribution in [2.45, 2.75) is 13.5 Å². The zero-order valence-electron chi connectivity index (χ0n) is 13.0. The second-order valence-corrected chi connectivity index (χ2v) is 5.34. The van der Waals surface area contributed by atoms with Crippen molar-refractivity contribution in [3.05, 3.63) is 58.6 Å². The van der Waals surface area contributed by atoms with Crippen LogP contribution in [0.15, 0.2) is 50.1 Å². The number of aryl methyl sites for hydroxylation is 1. The van der Waals surface area contributed by atoms with Crippen molar-refractivity contribution in [2.75, 3.05) is 0 Å². The van der Waals surface area contributed by atoms with E-state index >= 15 is 0 Å². The molecule has 0 saturated heterocycles. The minimum Gasteiger partial charge on any atom is -0.408 e. The molecule has 4 rings (SSSR count). The third-order valence-electron chi connectivity index (χ3n) is 3.83. The summed E-state index contributed by atoms with van der Waals surface area (Å²) in [5.41, 5.74) is 1.43. The molecule has 6 nitrogen and oxygen atoms in total. The SMILES string of the molecule is CCn1c(=O)oc2cc(-c3noc(-c4cc(F)ccc4F)n3)ccc21. The van der Waals surface area contributed by atoms with Crippen molar-refractivity contribution in [3.8, 4) is 22.8 Å². The van der Waals surface area contributed by atoms with Gasteiger partial charge < -0.3 is 8.94 Å². The third-order valence-corrected chi connectivity index (χ3v) is 3.83. The molecule has 0 aliphatic carbocycles. The Kier molecular flexibility index (Phi) is 3.45. The maximum atomic E-state index is 13.8. The van der Waals surface area contributed by atoms with E-state index in [4.69, 9.17) is 8.94 Å². The second kappa shape index (κ2) is 5.66. The molecule has 8 heteroatoms. The van der Waals surface area contributed by atoms with Crippen LogP contribution in [0.5, 0.6) is 0 Å². The Morgan fingerprint density at radius 2 is 2.00 bits per heavy atom. The van der Waals surface area contributed by atoms with Crippen LogP contribution in [0.1, 0.15) is 6.92 Å². The second-order valence-electron chi connectivity index (χ2n) is 5.34. The van der Waals surface area contributed by atoms with E-state index in [0.717, 1.165) is 18.2 Å². The summed E-state index contributed by atoms with van der Waals surface area (Å²) >= 11 is 0. The predicted molar refractivity (Wildman–Crippen MR) is 84.8 cm³/mol. The maximum absolute atomic E-state index is 13.8. The first-order chi connectivity index (χ1) is 12.1. The van der Waals surface area contributed by atoms with E-state index in [0.29, 0.717) is 23.2 Å². The molecule has 0 amide bonds. The molecule has 0 aliphatic heterocycles. The molecule has 2 aromatic carbocycles. The first-order valence-electron chi connectivity index (χ1n) is 7.49. The number of oxazole rings is 1. The van der Waals surface area contributed by atoms with Gasteiger partial charge in [0.1, 0.15) is 11.6 Å². The molecule has 0 N–H and O–H groups in total. The van der Waals surface area contributed by atoms with Gasteiger partial charge in [0.15, 0.2) is 5.58 Å². The zero-order valence-corrected chi connectivity index (χ0v) is 13.0. The van der Waals surface area contributed by atoms with Gasteiger partial charge >= 0.3 is 5.76 Å². The lowest BCUT2D eigenvalue weighted by Crippen LogP contribution is -2.11. The van der Waals surface area contributed by atoms with Gasteiger partial charge in [-0.25, -0.2) is 13.6 Å². The normalized spacial score (nSPS) is 11.3. The summed E-state index contributed by atoms with van der Waals surface area (Å²) in [4.78, 5) is 15.8. The molecule has 25 heavy (non-hydrogen) atoms. The molecule has 0 bridgehead atoms. The quantitative estimate of drug-likeness (QED) is 0.568. The molecule has 0 saturated carbocycles. The smallest absolute Gasteiger partial charge is 0.408 e. The molecule has 0 aliphatic rings. The fourth-order valence-corrected chi connectivity index (χ4v) is 2.62. The molecule has 0 spiro atoms. The van der Waals surface area contributed by atoms with Gasteiger partial charge in [-0.2, -0.15) is 4.98 Å². The Morgan fingerprint density at radius 1 is 1.16 bits per heavy atom. The van der Waals surface area contributed by atoms with E-state index in [9.17, 15) is 13.6 Å². The van der Waals surface area contributed by atoms with Gasteiger partial charge in [0, 0.05) is 12.1 Å². The third kappa shape index (κ3) is 2.51. The summed E-state index contributed by atoms with van der Waals surface area (Å²) in [6.45, 7) is 2.32. The number of aromatic nitrogens is 3. The summed E-state index contributed by atoms with van der Waals surface area (Å²) in [5, 5.41) is 3.79. The molecule has 2 heterocycles. The molecule has 2 aromatic heterocycles. The van der Waals surface area contributed by atoms with Crippen LogP contribution in [0, 0.1) is 11.6 Å². The fourth-order valence-electron chi connectivity index (χ4n) is 2.62.